The van der Waals surface area contributed by atoms with E-state index in [-0.39, 0.29) is 5.91 Å². The van der Waals surface area contributed by atoms with Gasteiger partial charge in [-0.2, -0.15) is 5.10 Å². The maximum Gasteiger partial charge on any atom is 0.239 e. The number of benzene rings is 1. The van der Waals surface area contributed by atoms with Crippen LogP contribution in [0.15, 0.2) is 36.4 Å². The highest BCUT2D eigenvalue weighted by Crippen LogP contribution is 2.40. The minimum Gasteiger partial charge on any atom is -0.309 e. The van der Waals surface area contributed by atoms with E-state index >= 15 is 0 Å². The van der Waals surface area contributed by atoms with Gasteiger partial charge in [-0.15, -0.1) is 0 Å². The first-order valence-corrected chi connectivity index (χ1v) is 9.76. The Hall–Kier alpha value is -2.14. The highest BCUT2D eigenvalue weighted by atomic mass is 16.2. The first-order chi connectivity index (χ1) is 12.6. The molecule has 2 fully saturated rings. The van der Waals surface area contributed by atoms with Crippen LogP contribution in [0.2, 0.25) is 0 Å². The van der Waals surface area contributed by atoms with Crippen LogP contribution < -0.4 is 5.32 Å². The van der Waals surface area contributed by atoms with Crippen molar-refractivity contribution in [1.82, 2.24) is 14.7 Å². The quantitative estimate of drug-likeness (QED) is 0.893. The molecule has 1 aromatic heterocycles. The number of aromatic nitrogens is 2. The van der Waals surface area contributed by atoms with Gasteiger partial charge in [0.25, 0.3) is 0 Å². The van der Waals surface area contributed by atoms with E-state index < -0.39 is 0 Å². The third-order valence-electron chi connectivity index (χ3n) is 5.30. The van der Waals surface area contributed by atoms with Crippen LogP contribution in [-0.4, -0.2) is 40.2 Å². The number of piperidine rings is 1. The van der Waals surface area contributed by atoms with Gasteiger partial charge in [0, 0.05) is 25.1 Å². The van der Waals surface area contributed by atoms with Gasteiger partial charge in [-0.1, -0.05) is 32.0 Å². The topological polar surface area (TPSA) is 50.2 Å². The van der Waals surface area contributed by atoms with Gasteiger partial charge in [0.05, 0.1) is 17.9 Å². The summed E-state index contributed by atoms with van der Waals surface area (Å²) in [6.45, 7) is 7.00. The molecule has 5 nitrogen and oxygen atoms in total. The number of nitrogens with zero attached hydrogens (tertiary/aromatic N) is 3. The highest BCUT2D eigenvalue weighted by molar-refractivity contribution is 5.91. The first kappa shape index (κ1) is 17.3. The zero-order valence-corrected chi connectivity index (χ0v) is 15.7. The number of hydrogen-bond donors (Lipinski definition) is 1. The molecular weight excluding hydrogens is 324 g/mol. The molecule has 2 atom stereocenters. The van der Waals surface area contributed by atoms with Crippen molar-refractivity contribution < 1.29 is 4.79 Å². The lowest BCUT2D eigenvalue weighted by atomic mass is 9.92. The van der Waals surface area contributed by atoms with Gasteiger partial charge < -0.3 is 5.32 Å². The molecule has 2 aromatic rings. The maximum absolute atomic E-state index is 12.7. The second kappa shape index (κ2) is 7.23. The Kier molecular flexibility index (Phi) is 4.81. The van der Waals surface area contributed by atoms with Gasteiger partial charge in [0.1, 0.15) is 5.82 Å². The van der Waals surface area contributed by atoms with E-state index in [1.54, 1.807) is 0 Å². The monoisotopic (exact) mass is 352 g/mol. The molecule has 0 bridgehead atoms. The van der Waals surface area contributed by atoms with Crippen LogP contribution in [0.1, 0.15) is 44.7 Å². The molecule has 1 aromatic carbocycles. The van der Waals surface area contributed by atoms with Crippen molar-refractivity contribution >= 4 is 11.7 Å². The lowest BCUT2D eigenvalue weighted by Crippen LogP contribution is -2.43. The maximum atomic E-state index is 12.7. The summed E-state index contributed by atoms with van der Waals surface area (Å²) in [6.07, 6.45) is 3.65. The van der Waals surface area contributed by atoms with Crippen LogP contribution in [0.5, 0.6) is 0 Å². The fourth-order valence-electron chi connectivity index (χ4n) is 4.14. The predicted molar refractivity (Wildman–Crippen MR) is 104 cm³/mol. The minimum absolute atomic E-state index is 0.0470. The zero-order valence-electron chi connectivity index (χ0n) is 15.7. The Morgan fingerprint density at radius 3 is 2.50 bits per heavy atom. The molecule has 1 aliphatic heterocycles. The number of hydrogen-bond acceptors (Lipinski definition) is 3. The number of para-hydroxylation sites is 1. The highest BCUT2D eigenvalue weighted by Gasteiger charge is 2.28. The minimum atomic E-state index is 0.0470. The molecule has 0 spiro atoms. The largest absolute Gasteiger partial charge is 0.309 e. The van der Waals surface area contributed by atoms with E-state index in [1.807, 2.05) is 41.1 Å². The van der Waals surface area contributed by atoms with Crippen LogP contribution >= 0.6 is 0 Å². The lowest BCUT2D eigenvalue weighted by Gasteiger charge is -2.34. The van der Waals surface area contributed by atoms with Crippen molar-refractivity contribution in [3.63, 3.8) is 0 Å². The number of carbonyl (C=O) groups is 1. The molecule has 4 rings (SSSR count). The number of amides is 1. The molecule has 1 saturated heterocycles. The van der Waals surface area contributed by atoms with E-state index in [1.165, 1.54) is 19.3 Å². The Morgan fingerprint density at radius 2 is 1.85 bits per heavy atom. The Morgan fingerprint density at radius 1 is 1.15 bits per heavy atom. The van der Waals surface area contributed by atoms with Crippen LogP contribution in [0.4, 0.5) is 5.82 Å². The Bertz CT molecular complexity index is 756. The molecule has 2 heterocycles. The van der Waals surface area contributed by atoms with Crippen LogP contribution in [0, 0.1) is 11.8 Å². The van der Waals surface area contributed by atoms with Crippen molar-refractivity contribution in [2.45, 2.75) is 39.0 Å². The van der Waals surface area contributed by atoms with E-state index in [0.717, 1.165) is 30.3 Å². The van der Waals surface area contributed by atoms with Crippen molar-refractivity contribution in [2.24, 2.45) is 11.8 Å². The number of likely N-dealkylation sites (tertiary alicyclic amines) is 1. The predicted octanol–water partition coefficient (Wildman–Crippen LogP) is 3.67. The van der Waals surface area contributed by atoms with Crippen molar-refractivity contribution in [1.29, 1.82) is 0 Å². The standard InChI is InChI=1S/C21H28N4O/c1-15-10-16(2)13-24(12-15)14-21(26)22-20-11-19(17-8-9-17)23-25(20)18-6-4-3-5-7-18/h3-7,11,15-17H,8-10,12-14H2,1-2H3,(H,22,26). The van der Waals surface area contributed by atoms with E-state index in [9.17, 15) is 4.79 Å². The van der Waals surface area contributed by atoms with Gasteiger partial charge in [0.2, 0.25) is 5.91 Å². The van der Waals surface area contributed by atoms with E-state index in [4.69, 9.17) is 5.10 Å². The third-order valence-corrected chi connectivity index (χ3v) is 5.30. The summed E-state index contributed by atoms with van der Waals surface area (Å²) in [5.41, 5.74) is 2.07. The third kappa shape index (κ3) is 3.98. The Labute approximate surface area is 155 Å². The van der Waals surface area contributed by atoms with Gasteiger partial charge in [-0.05, 0) is 43.2 Å². The average Bonchev–Trinajstić information content (AvgIpc) is 3.36. The molecule has 0 radical (unpaired) electrons. The normalized spacial score (nSPS) is 23.8. The number of carbonyl (C=O) groups excluding carboxylic acids is 1. The molecule has 2 aliphatic rings. The van der Waals surface area contributed by atoms with Gasteiger partial charge in [0.15, 0.2) is 0 Å². The fraction of sp³-hybridized carbons (Fsp3) is 0.524. The summed E-state index contributed by atoms with van der Waals surface area (Å²) in [4.78, 5) is 15.0. The number of anilines is 1. The first-order valence-electron chi connectivity index (χ1n) is 9.76. The van der Waals surface area contributed by atoms with E-state index in [0.29, 0.717) is 24.3 Å². The zero-order chi connectivity index (χ0) is 18.1. The molecule has 2 unspecified atom stereocenters. The molecule has 26 heavy (non-hydrogen) atoms. The summed E-state index contributed by atoms with van der Waals surface area (Å²) < 4.78 is 1.87. The molecular formula is C21H28N4O. The average molecular weight is 352 g/mol. The number of nitrogens with one attached hydrogen (secondary N) is 1. The van der Waals surface area contributed by atoms with Gasteiger partial charge in [-0.3, -0.25) is 9.69 Å². The van der Waals surface area contributed by atoms with Crippen LogP contribution in [0.25, 0.3) is 5.69 Å². The van der Waals surface area contributed by atoms with E-state index in [2.05, 4.69) is 24.1 Å². The SMILES string of the molecule is CC1CC(C)CN(CC(=O)Nc2cc(C3CC3)nn2-c2ccccc2)C1. The summed E-state index contributed by atoms with van der Waals surface area (Å²) >= 11 is 0. The lowest BCUT2D eigenvalue weighted by molar-refractivity contribution is -0.117. The molecule has 138 valence electrons. The number of rotatable bonds is 5. The summed E-state index contributed by atoms with van der Waals surface area (Å²) in [7, 11) is 0. The van der Waals surface area contributed by atoms with Crippen molar-refractivity contribution in [3.8, 4) is 5.69 Å². The fourth-order valence-corrected chi connectivity index (χ4v) is 4.14. The molecule has 1 amide bonds. The smallest absolute Gasteiger partial charge is 0.239 e. The van der Waals surface area contributed by atoms with Crippen molar-refractivity contribution in [2.75, 3.05) is 25.0 Å². The second-order valence-corrected chi connectivity index (χ2v) is 8.16. The summed E-state index contributed by atoms with van der Waals surface area (Å²) in [6, 6.07) is 12.1. The molecule has 1 saturated carbocycles. The second-order valence-electron chi connectivity index (χ2n) is 8.16. The summed E-state index contributed by atoms with van der Waals surface area (Å²) in [5.74, 6) is 2.69. The van der Waals surface area contributed by atoms with Crippen LogP contribution in [-0.2, 0) is 4.79 Å². The Balaban J connectivity index is 1.49. The molecule has 1 aliphatic carbocycles. The van der Waals surface area contributed by atoms with Gasteiger partial charge in [-0.25, -0.2) is 4.68 Å². The van der Waals surface area contributed by atoms with Crippen molar-refractivity contribution in [3.05, 3.63) is 42.1 Å². The van der Waals surface area contributed by atoms with Crippen LogP contribution in [0.3, 0.4) is 0 Å². The summed E-state index contributed by atoms with van der Waals surface area (Å²) in [5, 5.41) is 7.86. The molecule has 1 N–H and O–H groups in total. The molecule has 5 heteroatoms. The van der Waals surface area contributed by atoms with Gasteiger partial charge >= 0.3 is 0 Å².